The van der Waals surface area contributed by atoms with Gasteiger partial charge in [-0.25, -0.2) is 24.1 Å². The van der Waals surface area contributed by atoms with Gasteiger partial charge in [0.15, 0.2) is 17.2 Å². The van der Waals surface area contributed by atoms with E-state index >= 15 is 0 Å². The van der Waals surface area contributed by atoms with Gasteiger partial charge in [-0.15, -0.1) is 0 Å². The van der Waals surface area contributed by atoms with Crippen molar-refractivity contribution in [2.75, 3.05) is 0 Å². The molecule has 146 valence electrons. The molecule has 4 aromatic rings. The highest BCUT2D eigenvalue weighted by molar-refractivity contribution is 6.02. The molecule has 0 spiro atoms. The predicted molar refractivity (Wildman–Crippen MR) is 105 cm³/mol. The Labute approximate surface area is 167 Å². The number of primary amides is 1. The van der Waals surface area contributed by atoms with Crippen molar-refractivity contribution in [1.29, 1.82) is 5.26 Å². The van der Waals surface area contributed by atoms with Crippen LogP contribution in [0, 0.1) is 11.3 Å². The molecule has 0 bridgehead atoms. The number of imidazole rings is 1. The lowest BCUT2D eigenvalue weighted by Crippen LogP contribution is -2.15. The van der Waals surface area contributed by atoms with Crippen LogP contribution in [0.2, 0.25) is 0 Å². The molecule has 0 radical (unpaired) electrons. The number of carboxylic acids is 1. The summed E-state index contributed by atoms with van der Waals surface area (Å²) in [4.78, 5) is 46.7. The third kappa shape index (κ3) is 3.06. The van der Waals surface area contributed by atoms with Gasteiger partial charge in [-0.3, -0.25) is 4.79 Å². The number of carbonyl (C=O) groups is 2. The minimum absolute atomic E-state index is 0.0720. The molecule has 2 aromatic heterocycles. The molecule has 10 nitrogen and oxygen atoms in total. The number of H-pyrrole nitrogens is 1. The van der Waals surface area contributed by atoms with E-state index in [1.165, 1.54) is 28.8 Å². The van der Waals surface area contributed by atoms with E-state index in [4.69, 9.17) is 16.1 Å². The molecular formula is C20H12N6O4. The summed E-state index contributed by atoms with van der Waals surface area (Å²) in [6.07, 6.45) is 0. The molecule has 2 aromatic carbocycles. The minimum Gasteiger partial charge on any atom is -0.478 e. The SMILES string of the molecule is N#Cc1ccc(-n2c(=O)[nH]c3c(C(N)=O)nc(-c4ccc(C(=O)O)cc4)nc32)cc1. The van der Waals surface area contributed by atoms with E-state index in [0.29, 0.717) is 16.8 Å². The van der Waals surface area contributed by atoms with E-state index in [1.54, 1.807) is 24.3 Å². The van der Waals surface area contributed by atoms with Crippen LogP contribution in [0.4, 0.5) is 0 Å². The average Bonchev–Trinajstić information content (AvgIpc) is 3.08. The fraction of sp³-hybridized carbons (Fsp3) is 0. The summed E-state index contributed by atoms with van der Waals surface area (Å²) in [5.41, 5.74) is 6.24. The Morgan fingerprint density at radius 1 is 1.07 bits per heavy atom. The Morgan fingerprint density at radius 2 is 1.73 bits per heavy atom. The number of hydrogen-bond acceptors (Lipinski definition) is 6. The standard InChI is InChI=1S/C20H12N6O4/c21-9-10-1-7-13(8-2-10)26-18-15(24-20(26)30)14(16(22)27)23-17(25-18)11-3-5-12(6-4-11)19(28)29/h1-8H,(H2,22,27)(H,24,30)(H,28,29). The fourth-order valence-corrected chi connectivity index (χ4v) is 2.98. The Kier molecular flexibility index (Phi) is 4.33. The van der Waals surface area contributed by atoms with Gasteiger partial charge in [0, 0.05) is 5.56 Å². The van der Waals surface area contributed by atoms with E-state index in [1.807, 2.05) is 6.07 Å². The number of aromatic amines is 1. The first-order valence-corrected chi connectivity index (χ1v) is 8.56. The minimum atomic E-state index is -1.09. The summed E-state index contributed by atoms with van der Waals surface area (Å²) < 4.78 is 1.24. The highest BCUT2D eigenvalue weighted by Crippen LogP contribution is 2.22. The number of rotatable bonds is 4. The second kappa shape index (κ2) is 6.99. The summed E-state index contributed by atoms with van der Waals surface area (Å²) in [6, 6.07) is 14.0. The Hall–Kier alpha value is -4.78. The monoisotopic (exact) mass is 400 g/mol. The zero-order valence-electron chi connectivity index (χ0n) is 15.2. The van der Waals surface area contributed by atoms with Gasteiger partial charge < -0.3 is 15.8 Å². The van der Waals surface area contributed by atoms with Crippen LogP contribution < -0.4 is 11.4 Å². The first-order valence-electron chi connectivity index (χ1n) is 8.56. The zero-order chi connectivity index (χ0) is 21.4. The van der Waals surface area contributed by atoms with Crippen LogP contribution >= 0.6 is 0 Å². The van der Waals surface area contributed by atoms with Gasteiger partial charge in [-0.05, 0) is 36.4 Å². The van der Waals surface area contributed by atoms with Crippen molar-refractivity contribution in [2.24, 2.45) is 5.73 Å². The van der Waals surface area contributed by atoms with Gasteiger partial charge in [-0.1, -0.05) is 12.1 Å². The second-order valence-electron chi connectivity index (χ2n) is 6.27. The highest BCUT2D eigenvalue weighted by atomic mass is 16.4. The molecule has 1 amide bonds. The van der Waals surface area contributed by atoms with Crippen LogP contribution in [-0.4, -0.2) is 36.5 Å². The van der Waals surface area contributed by atoms with Crippen LogP contribution in [0.15, 0.2) is 53.3 Å². The number of aromatic nitrogens is 4. The van der Waals surface area contributed by atoms with E-state index in [2.05, 4.69) is 15.0 Å². The number of nitrogens with one attached hydrogen (secondary N) is 1. The van der Waals surface area contributed by atoms with Crippen molar-refractivity contribution in [3.05, 3.63) is 75.8 Å². The van der Waals surface area contributed by atoms with Crippen LogP contribution in [-0.2, 0) is 0 Å². The van der Waals surface area contributed by atoms with Crippen LogP contribution in [0.1, 0.15) is 26.4 Å². The third-order valence-electron chi connectivity index (χ3n) is 4.41. The number of nitriles is 1. The van der Waals surface area contributed by atoms with E-state index in [0.717, 1.165) is 0 Å². The molecular weight excluding hydrogens is 388 g/mol. The number of carbonyl (C=O) groups excluding carboxylic acids is 1. The van der Waals surface area contributed by atoms with Gasteiger partial charge in [0.2, 0.25) is 0 Å². The Morgan fingerprint density at radius 3 is 2.30 bits per heavy atom. The number of amides is 1. The predicted octanol–water partition coefficient (Wildman–Crippen LogP) is 1.44. The van der Waals surface area contributed by atoms with Crippen molar-refractivity contribution in [1.82, 2.24) is 19.5 Å². The van der Waals surface area contributed by atoms with Gasteiger partial charge in [0.1, 0.15) is 5.52 Å². The van der Waals surface area contributed by atoms with Crippen molar-refractivity contribution >= 4 is 23.0 Å². The molecule has 4 rings (SSSR count). The molecule has 0 saturated carbocycles. The van der Waals surface area contributed by atoms with Gasteiger partial charge in [0.05, 0.1) is 22.9 Å². The number of benzene rings is 2. The molecule has 0 fully saturated rings. The van der Waals surface area contributed by atoms with Crippen molar-refractivity contribution < 1.29 is 14.7 Å². The smallest absolute Gasteiger partial charge is 0.335 e. The number of nitrogens with two attached hydrogens (primary N) is 1. The summed E-state index contributed by atoms with van der Waals surface area (Å²) in [7, 11) is 0. The van der Waals surface area contributed by atoms with Crippen molar-refractivity contribution in [3.8, 4) is 23.1 Å². The third-order valence-corrected chi connectivity index (χ3v) is 4.41. The molecule has 10 heteroatoms. The molecule has 0 aliphatic carbocycles. The average molecular weight is 400 g/mol. The summed E-state index contributed by atoms with van der Waals surface area (Å²) in [5, 5.41) is 18.0. The molecule has 0 unspecified atom stereocenters. The lowest BCUT2D eigenvalue weighted by molar-refractivity contribution is 0.0696. The van der Waals surface area contributed by atoms with Crippen LogP contribution in [0.3, 0.4) is 0 Å². The molecule has 2 heterocycles. The van der Waals surface area contributed by atoms with Crippen molar-refractivity contribution in [2.45, 2.75) is 0 Å². The first-order chi connectivity index (χ1) is 14.4. The van der Waals surface area contributed by atoms with E-state index < -0.39 is 17.6 Å². The largest absolute Gasteiger partial charge is 0.478 e. The van der Waals surface area contributed by atoms with E-state index in [9.17, 15) is 14.4 Å². The topological polar surface area (TPSA) is 168 Å². The van der Waals surface area contributed by atoms with Crippen LogP contribution in [0.25, 0.3) is 28.2 Å². The molecule has 0 saturated heterocycles. The number of nitrogens with zero attached hydrogens (tertiary/aromatic N) is 4. The van der Waals surface area contributed by atoms with Crippen molar-refractivity contribution in [3.63, 3.8) is 0 Å². The van der Waals surface area contributed by atoms with Gasteiger partial charge in [0.25, 0.3) is 5.91 Å². The Bertz CT molecular complexity index is 1410. The summed E-state index contributed by atoms with van der Waals surface area (Å²) in [5.74, 6) is -1.86. The maximum absolute atomic E-state index is 12.6. The van der Waals surface area contributed by atoms with Crippen LogP contribution in [0.5, 0.6) is 0 Å². The normalized spacial score (nSPS) is 10.6. The lowest BCUT2D eigenvalue weighted by Gasteiger charge is -2.07. The Balaban J connectivity index is 1.97. The summed E-state index contributed by atoms with van der Waals surface area (Å²) in [6.45, 7) is 0. The van der Waals surface area contributed by atoms with E-state index in [-0.39, 0.29) is 28.2 Å². The molecule has 30 heavy (non-hydrogen) atoms. The molecule has 0 aliphatic heterocycles. The number of fused-ring (bicyclic) bond motifs is 1. The molecule has 0 aliphatic rings. The number of carboxylic acid groups (broad SMARTS) is 1. The second-order valence-corrected chi connectivity index (χ2v) is 6.27. The fourth-order valence-electron chi connectivity index (χ4n) is 2.98. The maximum atomic E-state index is 12.6. The number of aromatic carboxylic acids is 1. The first kappa shape index (κ1) is 18.6. The summed E-state index contributed by atoms with van der Waals surface area (Å²) >= 11 is 0. The zero-order valence-corrected chi connectivity index (χ0v) is 15.2. The molecule has 4 N–H and O–H groups in total. The number of hydrogen-bond donors (Lipinski definition) is 3. The maximum Gasteiger partial charge on any atom is 0.335 e. The highest BCUT2D eigenvalue weighted by Gasteiger charge is 2.20. The van der Waals surface area contributed by atoms with Gasteiger partial charge in [-0.2, -0.15) is 5.26 Å². The van der Waals surface area contributed by atoms with Gasteiger partial charge >= 0.3 is 11.7 Å². The lowest BCUT2D eigenvalue weighted by atomic mass is 10.1. The quantitative estimate of drug-likeness (QED) is 0.466. The molecule has 0 atom stereocenters.